The molecule has 28 heavy (non-hydrogen) atoms. The maximum atomic E-state index is 13.4. The Morgan fingerprint density at radius 1 is 1.11 bits per heavy atom. The van der Waals surface area contributed by atoms with Gasteiger partial charge in [-0.25, -0.2) is 14.4 Å². The molecule has 0 aliphatic rings. The van der Waals surface area contributed by atoms with Gasteiger partial charge in [-0.3, -0.25) is 4.79 Å². The van der Waals surface area contributed by atoms with Crippen molar-refractivity contribution in [3.8, 4) is 28.5 Å². The number of halogens is 2. The fourth-order valence-corrected chi connectivity index (χ4v) is 3.31. The Bertz CT molecular complexity index is 1300. The molecule has 136 valence electrons. The van der Waals surface area contributed by atoms with Crippen molar-refractivity contribution < 1.29 is 4.39 Å². The highest BCUT2D eigenvalue weighted by atomic mass is 35.5. The molecule has 0 spiro atoms. The van der Waals surface area contributed by atoms with Crippen molar-refractivity contribution in [2.24, 2.45) is 0 Å². The first-order valence-corrected chi connectivity index (χ1v) is 8.71. The molecule has 3 aromatic heterocycles. The minimum Gasteiger partial charge on any atom is -0.345 e. The minimum atomic E-state index is -0.410. The van der Waals surface area contributed by atoms with Crippen LogP contribution in [0.4, 0.5) is 4.39 Å². The minimum absolute atomic E-state index is 0.00118. The summed E-state index contributed by atoms with van der Waals surface area (Å²) in [6.45, 7) is 1.81. The molecule has 0 bridgehead atoms. The van der Waals surface area contributed by atoms with Gasteiger partial charge in [0, 0.05) is 23.0 Å². The molecule has 1 aromatic carbocycles. The number of aryl methyl sites for hydroxylation is 1. The normalized spacial score (nSPS) is 10.8. The zero-order valence-electron chi connectivity index (χ0n) is 14.6. The van der Waals surface area contributed by atoms with Gasteiger partial charge in [0.15, 0.2) is 0 Å². The molecule has 5 nitrogen and oxygen atoms in total. The van der Waals surface area contributed by atoms with Crippen molar-refractivity contribution in [3.63, 3.8) is 0 Å². The Morgan fingerprint density at radius 2 is 1.86 bits per heavy atom. The van der Waals surface area contributed by atoms with Crippen LogP contribution in [0.5, 0.6) is 0 Å². The number of rotatable bonds is 2. The number of hydrogen-bond donors (Lipinski definition) is 1. The number of nitrogens with one attached hydrogen (secondary N) is 1. The van der Waals surface area contributed by atoms with Crippen molar-refractivity contribution in [1.29, 1.82) is 5.26 Å². The third kappa shape index (κ3) is 3.13. The van der Waals surface area contributed by atoms with Crippen LogP contribution in [-0.4, -0.2) is 15.0 Å². The molecule has 0 amide bonds. The predicted molar refractivity (Wildman–Crippen MR) is 105 cm³/mol. The van der Waals surface area contributed by atoms with Gasteiger partial charge in [-0.1, -0.05) is 11.6 Å². The molecular formula is C21H12ClFN4O. The molecule has 0 aliphatic heterocycles. The number of aromatic nitrogens is 3. The van der Waals surface area contributed by atoms with Crippen LogP contribution < -0.4 is 5.43 Å². The van der Waals surface area contributed by atoms with Crippen LogP contribution in [0.1, 0.15) is 11.3 Å². The number of pyridine rings is 3. The second-order valence-corrected chi connectivity index (χ2v) is 6.64. The topological polar surface area (TPSA) is 82.4 Å². The van der Waals surface area contributed by atoms with E-state index < -0.39 is 5.43 Å². The fraction of sp³-hybridized carbons (Fsp3) is 0.0476. The lowest BCUT2D eigenvalue weighted by Crippen LogP contribution is -2.09. The molecule has 3 heterocycles. The molecule has 0 aliphatic carbocycles. The average Bonchev–Trinajstić information content (AvgIpc) is 2.67. The van der Waals surface area contributed by atoms with Crippen molar-refractivity contribution >= 4 is 22.6 Å². The average molecular weight is 391 g/mol. The summed E-state index contributed by atoms with van der Waals surface area (Å²) in [5.41, 5.74) is 3.20. The van der Waals surface area contributed by atoms with E-state index in [2.05, 4.69) is 15.0 Å². The van der Waals surface area contributed by atoms with E-state index in [9.17, 15) is 9.18 Å². The Labute approximate surface area is 164 Å². The van der Waals surface area contributed by atoms with Gasteiger partial charge in [0.2, 0.25) is 5.43 Å². The van der Waals surface area contributed by atoms with Gasteiger partial charge in [0.05, 0.1) is 11.1 Å². The highest BCUT2D eigenvalue weighted by molar-refractivity contribution is 6.29. The van der Waals surface area contributed by atoms with E-state index >= 15 is 0 Å². The summed E-state index contributed by atoms with van der Waals surface area (Å²) >= 11 is 6.12. The summed E-state index contributed by atoms with van der Waals surface area (Å²) in [6.07, 6.45) is 1.33. The maximum Gasteiger partial charge on any atom is 0.208 e. The van der Waals surface area contributed by atoms with Crippen LogP contribution in [0.15, 0.2) is 53.5 Å². The Balaban J connectivity index is 2.10. The monoisotopic (exact) mass is 390 g/mol. The third-order valence-corrected chi connectivity index (χ3v) is 4.53. The van der Waals surface area contributed by atoms with Gasteiger partial charge in [-0.2, -0.15) is 5.26 Å². The maximum absolute atomic E-state index is 13.4. The lowest BCUT2D eigenvalue weighted by Gasteiger charge is -2.12. The second-order valence-electron chi connectivity index (χ2n) is 6.25. The summed E-state index contributed by atoms with van der Waals surface area (Å²) in [6, 6.07) is 13.0. The number of nitrogens with zero attached hydrogens (tertiary/aromatic N) is 3. The largest absolute Gasteiger partial charge is 0.345 e. The molecule has 0 radical (unpaired) electrons. The SMILES string of the molecule is Cc1cc(-c2cc3c(=O)c(C#N)c[nH]c3nc2-c2ccc(F)cc2)cc(Cl)n1. The molecular weight excluding hydrogens is 379 g/mol. The van der Waals surface area contributed by atoms with E-state index in [0.717, 1.165) is 0 Å². The van der Waals surface area contributed by atoms with Gasteiger partial charge >= 0.3 is 0 Å². The van der Waals surface area contributed by atoms with E-state index in [-0.39, 0.29) is 16.8 Å². The number of aromatic amines is 1. The van der Waals surface area contributed by atoms with Crippen LogP contribution in [0.3, 0.4) is 0 Å². The highest BCUT2D eigenvalue weighted by Crippen LogP contribution is 2.33. The van der Waals surface area contributed by atoms with Crippen LogP contribution in [-0.2, 0) is 0 Å². The summed E-state index contributed by atoms with van der Waals surface area (Å²) < 4.78 is 13.4. The number of fused-ring (bicyclic) bond motifs is 1. The molecule has 0 fully saturated rings. The highest BCUT2D eigenvalue weighted by Gasteiger charge is 2.16. The molecule has 0 atom stereocenters. The smallest absolute Gasteiger partial charge is 0.208 e. The quantitative estimate of drug-likeness (QED) is 0.506. The first-order valence-electron chi connectivity index (χ1n) is 8.33. The first kappa shape index (κ1) is 17.8. The lowest BCUT2D eigenvalue weighted by molar-refractivity contribution is 0.628. The van der Waals surface area contributed by atoms with Crippen molar-refractivity contribution in [2.75, 3.05) is 0 Å². The lowest BCUT2D eigenvalue weighted by atomic mass is 9.98. The molecule has 0 saturated carbocycles. The summed E-state index contributed by atoms with van der Waals surface area (Å²) in [7, 11) is 0. The number of nitriles is 1. The first-order chi connectivity index (χ1) is 13.5. The van der Waals surface area contributed by atoms with E-state index in [4.69, 9.17) is 16.9 Å². The third-order valence-electron chi connectivity index (χ3n) is 4.34. The van der Waals surface area contributed by atoms with Crippen molar-refractivity contribution in [2.45, 2.75) is 6.92 Å². The molecule has 1 N–H and O–H groups in total. The van der Waals surface area contributed by atoms with E-state index in [1.807, 2.05) is 19.1 Å². The van der Waals surface area contributed by atoms with Gasteiger partial charge in [-0.05, 0) is 55.0 Å². The Hall–Kier alpha value is -3.56. The molecule has 4 aromatic rings. The van der Waals surface area contributed by atoms with Crippen LogP contribution >= 0.6 is 11.6 Å². The molecule has 0 unspecified atom stereocenters. The van der Waals surface area contributed by atoms with Crippen molar-refractivity contribution in [1.82, 2.24) is 15.0 Å². The van der Waals surface area contributed by atoms with Crippen LogP contribution in [0.25, 0.3) is 33.4 Å². The fourth-order valence-electron chi connectivity index (χ4n) is 3.06. The summed E-state index contributed by atoms with van der Waals surface area (Å²) in [4.78, 5) is 24.2. The Morgan fingerprint density at radius 3 is 2.54 bits per heavy atom. The predicted octanol–water partition coefficient (Wildman–Crippen LogP) is 4.62. The number of benzene rings is 1. The van der Waals surface area contributed by atoms with Crippen LogP contribution in [0, 0.1) is 24.1 Å². The molecule has 4 rings (SSSR count). The number of H-pyrrole nitrogens is 1. The second kappa shape index (κ2) is 6.87. The Kier molecular flexibility index (Phi) is 4.38. The van der Waals surface area contributed by atoms with Gasteiger partial charge in [-0.15, -0.1) is 0 Å². The van der Waals surface area contributed by atoms with Gasteiger partial charge < -0.3 is 4.98 Å². The van der Waals surface area contributed by atoms with E-state index in [1.54, 1.807) is 24.3 Å². The molecule has 0 saturated heterocycles. The van der Waals surface area contributed by atoms with Gasteiger partial charge in [0.25, 0.3) is 0 Å². The summed E-state index contributed by atoms with van der Waals surface area (Å²) in [5.74, 6) is -0.360. The standard InChI is InChI=1S/C21H12ClFN4O/c1-11-6-13(7-18(22)26-11)16-8-17-20(28)14(9-24)10-25-21(17)27-19(16)12-2-4-15(23)5-3-12/h2-8,10H,1H3,(H,25,27,28). The van der Waals surface area contributed by atoms with Crippen LogP contribution in [0.2, 0.25) is 5.15 Å². The zero-order valence-corrected chi connectivity index (χ0v) is 15.4. The van der Waals surface area contributed by atoms with Gasteiger partial charge in [0.1, 0.15) is 28.3 Å². The van der Waals surface area contributed by atoms with E-state index in [1.165, 1.54) is 18.3 Å². The zero-order chi connectivity index (χ0) is 19.8. The number of hydrogen-bond acceptors (Lipinski definition) is 4. The van der Waals surface area contributed by atoms with Crippen molar-refractivity contribution in [3.05, 3.63) is 81.1 Å². The summed E-state index contributed by atoms with van der Waals surface area (Å²) in [5, 5.41) is 9.73. The van der Waals surface area contributed by atoms with E-state index in [0.29, 0.717) is 38.9 Å². The molecule has 7 heteroatoms.